The molecule has 0 spiro atoms. The monoisotopic (exact) mass is 722 g/mol. The fourth-order valence-electron chi connectivity index (χ4n) is 5.17. The molecule has 1 saturated heterocycles. The summed E-state index contributed by atoms with van der Waals surface area (Å²) in [7, 11) is 3.92. The lowest BCUT2D eigenvalue weighted by Gasteiger charge is -2.30. The maximum Gasteiger partial charge on any atom is 0.490 e. The first-order valence-corrected chi connectivity index (χ1v) is 16.0. The normalized spacial score (nSPS) is 14.7. The van der Waals surface area contributed by atoms with E-state index in [-0.39, 0.29) is 21.8 Å². The highest BCUT2D eigenvalue weighted by Crippen LogP contribution is 2.40. The van der Waals surface area contributed by atoms with Crippen molar-refractivity contribution in [1.82, 2.24) is 24.2 Å². The van der Waals surface area contributed by atoms with Crippen LogP contribution in [0.1, 0.15) is 41.1 Å². The number of nitrogens with zero attached hydrogens (tertiary/aromatic N) is 5. The van der Waals surface area contributed by atoms with E-state index in [4.69, 9.17) is 36.7 Å². The van der Waals surface area contributed by atoms with Crippen LogP contribution < -0.4 is 15.2 Å². The number of aromatic nitrogens is 4. The molecule has 4 heterocycles. The zero-order valence-electron chi connectivity index (χ0n) is 26.4. The molecule has 11 nitrogen and oxygen atoms in total. The van der Waals surface area contributed by atoms with E-state index in [0.29, 0.717) is 16.3 Å². The number of hydrogen-bond acceptors (Lipinski definition) is 8. The van der Waals surface area contributed by atoms with Crippen molar-refractivity contribution in [2.45, 2.75) is 38.1 Å². The number of carbonyl (C=O) groups excluding carboxylic acids is 1. The molecule has 3 N–H and O–H groups in total. The second-order valence-electron chi connectivity index (χ2n) is 11.3. The minimum atomic E-state index is -5.08. The summed E-state index contributed by atoms with van der Waals surface area (Å²) in [5.74, 6) is -3.57. The molecule has 5 aromatic rings. The Kier molecular flexibility index (Phi) is 10.5. The highest BCUT2D eigenvalue weighted by atomic mass is 35.5. The van der Waals surface area contributed by atoms with Crippen LogP contribution in [-0.4, -0.2) is 73.6 Å². The van der Waals surface area contributed by atoms with E-state index < -0.39 is 30.0 Å². The van der Waals surface area contributed by atoms with Crippen molar-refractivity contribution in [2.75, 3.05) is 20.1 Å². The van der Waals surface area contributed by atoms with Gasteiger partial charge in [-0.3, -0.25) is 14.0 Å². The van der Waals surface area contributed by atoms with Gasteiger partial charge in [0.2, 0.25) is 0 Å². The number of fused-ring (bicyclic) bond motifs is 1. The number of ether oxygens (including phenoxy) is 2. The van der Waals surface area contributed by atoms with Crippen molar-refractivity contribution < 1.29 is 41.7 Å². The number of primary amides is 1. The van der Waals surface area contributed by atoms with Crippen molar-refractivity contribution in [3.8, 4) is 27.6 Å². The van der Waals surface area contributed by atoms with Crippen LogP contribution in [0.3, 0.4) is 0 Å². The van der Waals surface area contributed by atoms with Gasteiger partial charge in [-0.2, -0.15) is 18.3 Å². The van der Waals surface area contributed by atoms with Crippen LogP contribution in [0.15, 0.2) is 55.1 Å². The fourth-order valence-corrected chi connectivity index (χ4v) is 6.45. The van der Waals surface area contributed by atoms with Gasteiger partial charge in [0.25, 0.3) is 5.91 Å². The van der Waals surface area contributed by atoms with Crippen LogP contribution in [0.4, 0.5) is 17.6 Å². The molecule has 2 aromatic carbocycles. The van der Waals surface area contributed by atoms with Gasteiger partial charge in [-0.15, -0.1) is 11.3 Å². The Hall–Kier alpha value is -4.67. The number of nitrogens with two attached hydrogens (primary N) is 1. The van der Waals surface area contributed by atoms with E-state index in [9.17, 15) is 22.4 Å². The molecular weight excluding hydrogens is 692 g/mol. The zero-order chi connectivity index (χ0) is 35.6. The molecule has 6 rings (SSSR count). The summed E-state index contributed by atoms with van der Waals surface area (Å²) in [6.07, 6.45) is 1.19. The maximum absolute atomic E-state index is 14.8. The SMILES string of the molecule is C[C@@H](Oc1cc(-n2cnc3cc(-c4cnn(C)c4)ccc32)sc1C(N)=O)c1ccc(F)c(OC2CCN(C)CC2)c1Cl.O=C(O)C(F)(F)F. The number of hydrogen-bond donors (Lipinski definition) is 2. The van der Waals surface area contributed by atoms with Gasteiger partial charge in [-0.1, -0.05) is 23.7 Å². The Bertz CT molecular complexity index is 1990. The number of piperidine rings is 1. The average Bonchev–Trinajstić information content (AvgIpc) is 3.78. The molecule has 0 unspecified atom stereocenters. The van der Waals surface area contributed by atoms with Gasteiger partial charge < -0.3 is 25.2 Å². The molecule has 17 heteroatoms. The number of amides is 1. The summed E-state index contributed by atoms with van der Waals surface area (Å²) in [4.78, 5) is 28.4. The van der Waals surface area contributed by atoms with Gasteiger partial charge in [-0.25, -0.2) is 14.2 Å². The summed E-state index contributed by atoms with van der Waals surface area (Å²) in [5, 5.41) is 12.2. The molecule has 1 aliphatic rings. The van der Waals surface area contributed by atoms with Crippen LogP contribution in [0.2, 0.25) is 5.02 Å². The molecule has 49 heavy (non-hydrogen) atoms. The second kappa shape index (κ2) is 14.4. The molecule has 0 saturated carbocycles. The number of likely N-dealkylation sites (tertiary alicyclic amines) is 1. The van der Waals surface area contributed by atoms with Gasteiger partial charge in [0.05, 0.1) is 22.3 Å². The van der Waals surface area contributed by atoms with Crippen LogP contribution in [0, 0.1) is 5.82 Å². The van der Waals surface area contributed by atoms with Gasteiger partial charge >= 0.3 is 12.1 Å². The number of carboxylic acids is 1. The number of aliphatic carboxylic acids is 1. The van der Waals surface area contributed by atoms with E-state index in [1.54, 1.807) is 36.3 Å². The third-order valence-electron chi connectivity index (χ3n) is 7.74. The van der Waals surface area contributed by atoms with Crippen molar-refractivity contribution >= 4 is 45.8 Å². The number of aryl methyl sites for hydroxylation is 1. The molecule has 1 atom stereocenters. The lowest BCUT2D eigenvalue weighted by atomic mass is 10.1. The molecule has 3 aromatic heterocycles. The molecular formula is C32H31ClF4N6O5S. The lowest BCUT2D eigenvalue weighted by Crippen LogP contribution is -2.35. The number of carboxylic acid groups (broad SMARTS) is 1. The standard InChI is InChI=1S/C30H30ClFN6O3S.C2HF3O2/c1-17(21-5-6-22(32)28(27(21)31)41-20-8-10-36(2)11-9-20)40-25-13-26(42-29(25)30(33)39)38-16-34-23-12-18(4-7-24(23)38)19-14-35-37(3)15-19;3-2(4,5)1(6)7/h4-7,12-17,20H,8-11H2,1-3H3,(H2,33,39);(H,6,7)/t17-;/m1./s1. The van der Waals surface area contributed by atoms with Crippen LogP contribution >= 0.6 is 22.9 Å². The molecule has 1 fully saturated rings. The van der Waals surface area contributed by atoms with Crippen molar-refractivity contribution in [3.05, 3.63) is 76.4 Å². The Balaban J connectivity index is 0.000000606. The number of halogens is 5. The minimum absolute atomic E-state index is 0.0239. The summed E-state index contributed by atoms with van der Waals surface area (Å²) in [5.41, 5.74) is 9.92. The number of rotatable bonds is 8. The van der Waals surface area contributed by atoms with Crippen molar-refractivity contribution in [1.29, 1.82) is 0 Å². The average molecular weight is 723 g/mol. The number of alkyl halides is 3. The Labute approximate surface area is 286 Å². The van der Waals surface area contributed by atoms with Gasteiger partial charge in [-0.05, 0) is 50.6 Å². The van der Waals surface area contributed by atoms with Gasteiger partial charge in [0.15, 0.2) is 11.6 Å². The fraction of sp³-hybridized carbons (Fsp3) is 0.312. The number of carbonyl (C=O) groups is 2. The van der Waals surface area contributed by atoms with Gasteiger partial charge in [0, 0.05) is 43.5 Å². The largest absolute Gasteiger partial charge is 0.490 e. The smallest absolute Gasteiger partial charge is 0.486 e. The summed E-state index contributed by atoms with van der Waals surface area (Å²) in [6.45, 7) is 3.53. The van der Waals surface area contributed by atoms with E-state index in [0.717, 1.165) is 48.1 Å². The molecule has 0 aliphatic carbocycles. The number of thiophene rings is 1. The first kappa shape index (κ1) is 35.6. The third kappa shape index (κ3) is 8.14. The lowest BCUT2D eigenvalue weighted by molar-refractivity contribution is -0.192. The predicted molar refractivity (Wildman–Crippen MR) is 175 cm³/mol. The first-order valence-electron chi connectivity index (χ1n) is 14.8. The quantitative estimate of drug-likeness (QED) is 0.171. The van der Waals surface area contributed by atoms with Crippen LogP contribution in [-0.2, 0) is 11.8 Å². The number of benzene rings is 2. The van der Waals surface area contributed by atoms with E-state index in [1.165, 1.54) is 17.4 Å². The van der Waals surface area contributed by atoms with Crippen LogP contribution in [0.25, 0.3) is 27.2 Å². The Morgan fingerprint density at radius 1 is 1.12 bits per heavy atom. The van der Waals surface area contributed by atoms with E-state index in [2.05, 4.69) is 22.0 Å². The predicted octanol–water partition coefficient (Wildman–Crippen LogP) is 6.63. The van der Waals surface area contributed by atoms with Crippen molar-refractivity contribution in [2.24, 2.45) is 12.8 Å². The van der Waals surface area contributed by atoms with Crippen molar-refractivity contribution in [3.63, 3.8) is 0 Å². The summed E-state index contributed by atoms with van der Waals surface area (Å²) in [6, 6.07) is 10.6. The molecule has 260 valence electrons. The van der Waals surface area contributed by atoms with Gasteiger partial charge in [0.1, 0.15) is 34.2 Å². The maximum atomic E-state index is 14.8. The first-order chi connectivity index (χ1) is 23.1. The molecule has 1 amide bonds. The second-order valence-corrected chi connectivity index (χ2v) is 12.7. The molecule has 1 aliphatic heterocycles. The number of imidazole rings is 1. The highest BCUT2D eigenvalue weighted by Gasteiger charge is 2.38. The van der Waals surface area contributed by atoms with E-state index >= 15 is 0 Å². The van der Waals surface area contributed by atoms with Crippen LogP contribution in [0.5, 0.6) is 11.5 Å². The summed E-state index contributed by atoms with van der Waals surface area (Å²) < 4.78 is 62.4. The Morgan fingerprint density at radius 3 is 2.43 bits per heavy atom. The highest BCUT2D eigenvalue weighted by molar-refractivity contribution is 7.16. The third-order valence-corrected chi connectivity index (χ3v) is 9.26. The molecule has 0 radical (unpaired) electrons. The summed E-state index contributed by atoms with van der Waals surface area (Å²) >= 11 is 7.88. The zero-order valence-corrected chi connectivity index (χ0v) is 27.9. The minimum Gasteiger partial charge on any atom is -0.486 e. The Morgan fingerprint density at radius 2 is 1.82 bits per heavy atom. The van der Waals surface area contributed by atoms with E-state index in [1.807, 2.05) is 36.0 Å². The topological polar surface area (TPSA) is 138 Å². The molecule has 0 bridgehead atoms.